The van der Waals surface area contributed by atoms with Gasteiger partial charge in [0, 0.05) is 29.8 Å². The van der Waals surface area contributed by atoms with E-state index < -0.39 is 49.1 Å². The Morgan fingerprint density at radius 1 is 0.915 bits per heavy atom. The number of aromatic amines is 1. The van der Waals surface area contributed by atoms with E-state index in [0.29, 0.717) is 35.9 Å². The average Bonchev–Trinajstić information content (AvgIpc) is 4.05. The number of anilines is 1. The molecule has 3 saturated heterocycles. The number of aromatic nitrogens is 1. The van der Waals surface area contributed by atoms with Crippen LogP contribution in [0.5, 0.6) is 11.5 Å². The lowest BCUT2D eigenvalue weighted by atomic mass is 9.86. The Morgan fingerprint density at radius 2 is 1.66 bits per heavy atom. The molecule has 0 spiro atoms. The second-order valence-corrected chi connectivity index (χ2v) is 15.3. The summed E-state index contributed by atoms with van der Waals surface area (Å²) in [6.45, 7) is -1.08. The number of rotatable bonds is 17. The normalized spacial score (nSPS) is 19.2. The summed E-state index contributed by atoms with van der Waals surface area (Å²) in [6, 6.07) is 14.8. The highest BCUT2D eigenvalue weighted by molar-refractivity contribution is 6.35. The zero-order valence-electron chi connectivity index (χ0n) is 31.6. The second-order valence-electron chi connectivity index (χ2n) is 14.5. The largest absolute Gasteiger partial charge is 0.870 e. The minimum atomic E-state index is -3.10. The van der Waals surface area contributed by atoms with E-state index in [4.69, 9.17) is 42.1 Å². The van der Waals surface area contributed by atoms with Gasteiger partial charge in [0.1, 0.15) is 28.1 Å². The number of carbonyl (C=O) groups is 3. The number of esters is 3. The molecule has 1 unspecified atom stereocenters. The van der Waals surface area contributed by atoms with Gasteiger partial charge >= 0.3 is 24.5 Å². The molecule has 4 aromatic rings. The van der Waals surface area contributed by atoms with Crippen LogP contribution in [0.2, 0.25) is 10.0 Å². The van der Waals surface area contributed by atoms with Gasteiger partial charge in [-0.2, -0.15) is 8.78 Å². The molecule has 1 aliphatic carbocycles. The van der Waals surface area contributed by atoms with Gasteiger partial charge in [-0.15, -0.1) is 0 Å². The van der Waals surface area contributed by atoms with E-state index in [1.807, 2.05) is 0 Å². The maximum Gasteiger partial charge on any atom is 0.387 e. The topological polar surface area (TPSA) is 157 Å². The minimum Gasteiger partial charge on any atom is -0.870 e. The van der Waals surface area contributed by atoms with Gasteiger partial charge in [-0.3, -0.25) is 4.90 Å². The molecular weight excluding hydrogens is 818 g/mol. The van der Waals surface area contributed by atoms with Crippen LogP contribution < -0.4 is 19.8 Å². The first-order chi connectivity index (χ1) is 28.0. The molecular formula is C42H42Cl2F3N3O9. The molecule has 1 saturated carbocycles. The number of ether oxygens (including phenoxy) is 5. The molecule has 1 aromatic heterocycles. The van der Waals surface area contributed by atoms with E-state index in [0.717, 1.165) is 38.8 Å². The SMILES string of the molecule is O=C(COC(=O)c1cccc(NC(C(=O)O[C@H]2CN3CCC2CC3)c2ccccc2F)c1)O[C@@H](Cc1c(Cl)c[nH+]cc1Cl)c1ccc(OC(F)F)c(OCC2CC2)c1.[OH-]. The number of pyridine rings is 1. The number of hydrogen-bond donors (Lipinski definition) is 1. The highest BCUT2D eigenvalue weighted by Gasteiger charge is 2.38. The molecule has 314 valence electrons. The van der Waals surface area contributed by atoms with Crippen LogP contribution in [-0.4, -0.2) is 73.8 Å². The van der Waals surface area contributed by atoms with Gasteiger partial charge in [0.05, 0.1) is 12.2 Å². The van der Waals surface area contributed by atoms with Crippen LogP contribution in [0.3, 0.4) is 0 Å². The third-order valence-corrected chi connectivity index (χ3v) is 11.1. The summed E-state index contributed by atoms with van der Waals surface area (Å²) >= 11 is 12.9. The number of halogens is 5. The van der Waals surface area contributed by atoms with Crippen molar-refractivity contribution in [3.8, 4) is 11.5 Å². The van der Waals surface area contributed by atoms with Crippen molar-refractivity contribution in [1.82, 2.24) is 4.90 Å². The molecule has 0 amide bonds. The van der Waals surface area contributed by atoms with Crippen LogP contribution >= 0.6 is 23.2 Å². The zero-order chi connectivity index (χ0) is 40.8. The van der Waals surface area contributed by atoms with Crippen molar-refractivity contribution in [2.75, 3.05) is 38.2 Å². The number of nitrogens with one attached hydrogen (secondary N) is 2. The number of nitrogens with zero attached hydrogens (tertiary/aromatic N) is 1. The highest BCUT2D eigenvalue weighted by atomic mass is 35.5. The second kappa shape index (κ2) is 19.8. The molecule has 4 fully saturated rings. The number of piperidine rings is 3. The van der Waals surface area contributed by atoms with Crippen molar-refractivity contribution in [2.45, 2.75) is 57.0 Å². The minimum absolute atomic E-state index is 0. The molecule has 17 heteroatoms. The predicted octanol–water partition coefficient (Wildman–Crippen LogP) is 7.63. The lowest BCUT2D eigenvalue weighted by Gasteiger charge is -2.44. The monoisotopic (exact) mass is 859 g/mol. The van der Waals surface area contributed by atoms with Crippen molar-refractivity contribution in [3.05, 3.63) is 117 Å². The standard InChI is InChI=1S/C42H40Cl2F3N3O8.H2O/c43-31-19-48-20-32(44)30(31)18-35(26-10-11-34(58-42(46)47)36(17-26)54-22-24-8-9-24)56-38(51)23-55-40(52)27-4-3-5-28(16-27)49-39(29-6-1-2-7-33(29)45)41(53)57-37-21-50-14-12-25(37)13-15-50;/h1-7,10-11,16-17,19-20,24-25,35,37,39,42,49H,8-9,12-15,18,21-23H2;1H2/t35-,37-,39?;/m0./s1. The number of hydrogen-bond acceptors (Lipinski definition) is 11. The predicted molar refractivity (Wildman–Crippen MR) is 207 cm³/mol. The third-order valence-electron chi connectivity index (χ3n) is 10.4. The first-order valence-corrected chi connectivity index (χ1v) is 19.7. The summed E-state index contributed by atoms with van der Waals surface area (Å²) < 4.78 is 69.2. The fourth-order valence-electron chi connectivity index (χ4n) is 7.15. The first-order valence-electron chi connectivity index (χ1n) is 19.0. The molecule has 4 aliphatic rings. The van der Waals surface area contributed by atoms with Crippen molar-refractivity contribution in [3.63, 3.8) is 0 Å². The molecule has 8 rings (SSSR count). The van der Waals surface area contributed by atoms with E-state index in [1.165, 1.54) is 60.9 Å². The van der Waals surface area contributed by atoms with Crippen LogP contribution in [0.1, 0.15) is 64.9 Å². The van der Waals surface area contributed by atoms with Gasteiger partial charge in [-0.25, -0.2) is 23.8 Å². The van der Waals surface area contributed by atoms with Crippen LogP contribution in [0.25, 0.3) is 0 Å². The maximum atomic E-state index is 15.1. The highest BCUT2D eigenvalue weighted by Crippen LogP contribution is 2.38. The fourth-order valence-corrected chi connectivity index (χ4v) is 7.68. The summed E-state index contributed by atoms with van der Waals surface area (Å²) in [4.78, 5) is 45.3. The number of carbonyl (C=O) groups excluding carboxylic acids is 3. The molecule has 4 heterocycles. The molecule has 2 bridgehead atoms. The molecule has 12 nitrogen and oxygen atoms in total. The quantitative estimate of drug-likeness (QED) is 0.0823. The molecule has 3 N–H and O–H groups in total. The van der Waals surface area contributed by atoms with Gasteiger partial charge in [-0.05, 0) is 92.6 Å². The smallest absolute Gasteiger partial charge is 0.387 e. The molecule has 3 atom stereocenters. The summed E-state index contributed by atoms with van der Waals surface area (Å²) in [6.07, 6.45) is 5.30. The summed E-state index contributed by atoms with van der Waals surface area (Å²) in [5.41, 5.74) is 1.17. The van der Waals surface area contributed by atoms with Crippen molar-refractivity contribution < 1.29 is 61.7 Å². The molecule has 3 aromatic carbocycles. The Labute approximate surface area is 348 Å². The number of H-pyrrole nitrogens is 1. The van der Waals surface area contributed by atoms with Gasteiger partial charge in [-0.1, -0.05) is 53.5 Å². The zero-order valence-corrected chi connectivity index (χ0v) is 33.1. The summed E-state index contributed by atoms with van der Waals surface area (Å²) in [5.74, 6) is -2.70. The molecule has 0 radical (unpaired) electrons. The van der Waals surface area contributed by atoms with E-state index in [2.05, 4.69) is 19.9 Å². The van der Waals surface area contributed by atoms with Crippen molar-refractivity contribution in [1.29, 1.82) is 0 Å². The number of alkyl halides is 2. The Bertz CT molecular complexity index is 2100. The van der Waals surface area contributed by atoms with Gasteiger partial charge in [0.2, 0.25) is 0 Å². The van der Waals surface area contributed by atoms with Gasteiger partial charge < -0.3 is 34.5 Å². The Hall–Kier alpha value is -5.09. The van der Waals surface area contributed by atoms with E-state index in [1.54, 1.807) is 18.2 Å². The van der Waals surface area contributed by atoms with Crippen LogP contribution in [0, 0.1) is 17.7 Å². The summed E-state index contributed by atoms with van der Waals surface area (Å²) in [7, 11) is 0. The van der Waals surface area contributed by atoms with Crippen LogP contribution in [0.4, 0.5) is 18.9 Å². The Morgan fingerprint density at radius 3 is 2.34 bits per heavy atom. The Balaban J connectivity index is 0.00000585. The number of benzene rings is 3. The Kier molecular flexibility index (Phi) is 14.6. The molecule has 59 heavy (non-hydrogen) atoms. The molecule has 3 aliphatic heterocycles. The lowest BCUT2D eigenvalue weighted by Crippen LogP contribution is -2.52. The third kappa shape index (κ3) is 11.4. The van der Waals surface area contributed by atoms with Gasteiger partial charge in [0.25, 0.3) is 0 Å². The van der Waals surface area contributed by atoms with Gasteiger partial charge in [0.15, 0.2) is 36.5 Å². The van der Waals surface area contributed by atoms with Crippen molar-refractivity contribution >= 4 is 46.8 Å². The maximum absolute atomic E-state index is 15.1. The lowest BCUT2D eigenvalue weighted by molar-refractivity contribution is -0.377. The summed E-state index contributed by atoms with van der Waals surface area (Å²) in [5, 5.41) is 3.53. The van der Waals surface area contributed by atoms with E-state index in [-0.39, 0.29) is 56.6 Å². The van der Waals surface area contributed by atoms with E-state index in [9.17, 15) is 23.2 Å². The average molecular weight is 861 g/mol. The van der Waals surface area contributed by atoms with E-state index >= 15 is 4.39 Å². The number of fused-ring (bicyclic) bond motifs is 3. The first kappa shape index (κ1) is 43.5. The fraction of sp³-hybridized carbons (Fsp3) is 0.381. The van der Waals surface area contributed by atoms with Crippen molar-refractivity contribution in [2.24, 2.45) is 11.8 Å². The van der Waals surface area contributed by atoms with Crippen LogP contribution in [0.15, 0.2) is 79.1 Å². The van der Waals surface area contributed by atoms with Crippen LogP contribution in [-0.2, 0) is 30.2 Å².